The summed E-state index contributed by atoms with van der Waals surface area (Å²) in [6.07, 6.45) is 3.18. The maximum Gasteiger partial charge on any atom is 0.193 e. The minimum atomic E-state index is -0.297. The molecule has 0 fully saturated rings. The molecule has 3 rings (SSSR count). The Balaban J connectivity index is 1.85. The molecular weight excluding hydrogens is 324 g/mol. The Morgan fingerprint density at radius 1 is 1.00 bits per heavy atom. The van der Waals surface area contributed by atoms with Crippen LogP contribution in [0.5, 0.6) is 11.5 Å². The zero-order valence-corrected chi connectivity index (χ0v) is 14.6. The van der Waals surface area contributed by atoms with E-state index in [0.29, 0.717) is 12.4 Å². The van der Waals surface area contributed by atoms with Crippen LogP contribution in [0.1, 0.15) is 27.0 Å². The van der Waals surface area contributed by atoms with E-state index in [4.69, 9.17) is 4.74 Å². The lowest BCUT2D eigenvalue weighted by atomic mass is 10.0. The molecule has 0 saturated carbocycles. The van der Waals surface area contributed by atoms with Crippen molar-refractivity contribution in [2.24, 2.45) is 0 Å². The number of ketones is 1. The second-order valence-corrected chi connectivity index (χ2v) is 6.04. The first-order valence-electron chi connectivity index (χ1n) is 8.41. The van der Waals surface area contributed by atoms with Crippen molar-refractivity contribution < 1.29 is 14.6 Å². The SMILES string of the molecule is Cc1cc(O)c(C(=O)C=Cc2ccccc2)c(OCc2ccccc2)c1. The molecule has 0 bridgehead atoms. The van der Waals surface area contributed by atoms with Gasteiger partial charge in [0, 0.05) is 0 Å². The Kier molecular flexibility index (Phi) is 5.49. The third-order valence-corrected chi connectivity index (χ3v) is 3.94. The summed E-state index contributed by atoms with van der Waals surface area (Å²) in [5, 5.41) is 10.3. The molecule has 3 heteroatoms. The maximum absolute atomic E-state index is 12.7. The van der Waals surface area contributed by atoms with E-state index in [1.165, 1.54) is 6.08 Å². The molecule has 3 aromatic rings. The van der Waals surface area contributed by atoms with Gasteiger partial charge in [0.05, 0.1) is 0 Å². The average Bonchev–Trinajstić information content (AvgIpc) is 2.66. The zero-order valence-electron chi connectivity index (χ0n) is 14.6. The monoisotopic (exact) mass is 344 g/mol. The van der Waals surface area contributed by atoms with Crippen molar-refractivity contribution in [2.75, 3.05) is 0 Å². The van der Waals surface area contributed by atoms with Crippen molar-refractivity contribution in [3.8, 4) is 11.5 Å². The molecule has 0 aliphatic carbocycles. The number of ether oxygens (including phenoxy) is 1. The molecule has 0 saturated heterocycles. The van der Waals surface area contributed by atoms with Gasteiger partial charge < -0.3 is 9.84 Å². The molecule has 0 amide bonds. The highest BCUT2D eigenvalue weighted by Crippen LogP contribution is 2.31. The van der Waals surface area contributed by atoms with Gasteiger partial charge in [0.1, 0.15) is 23.7 Å². The van der Waals surface area contributed by atoms with Gasteiger partial charge in [-0.2, -0.15) is 0 Å². The summed E-state index contributed by atoms with van der Waals surface area (Å²) in [5.74, 6) is 0.0132. The highest BCUT2D eigenvalue weighted by atomic mass is 16.5. The lowest BCUT2D eigenvalue weighted by molar-refractivity contribution is 0.104. The highest BCUT2D eigenvalue weighted by Gasteiger charge is 2.16. The first kappa shape index (κ1) is 17.5. The van der Waals surface area contributed by atoms with Gasteiger partial charge in [-0.05, 0) is 41.8 Å². The molecule has 0 aromatic heterocycles. The molecule has 0 spiro atoms. The minimum absolute atomic E-state index is 0.0734. The minimum Gasteiger partial charge on any atom is -0.507 e. The fourth-order valence-electron chi connectivity index (χ4n) is 2.65. The number of carbonyl (C=O) groups excluding carboxylic acids is 1. The van der Waals surface area contributed by atoms with Crippen molar-refractivity contribution in [2.45, 2.75) is 13.5 Å². The van der Waals surface area contributed by atoms with Crippen molar-refractivity contribution in [3.05, 3.63) is 101 Å². The first-order chi connectivity index (χ1) is 12.6. The summed E-state index contributed by atoms with van der Waals surface area (Å²) in [7, 11) is 0. The number of hydrogen-bond donors (Lipinski definition) is 1. The molecule has 0 heterocycles. The Morgan fingerprint density at radius 3 is 2.35 bits per heavy atom. The smallest absolute Gasteiger partial charge is 0.193 e. The van der Waals surface area contributed by atoms with Crippen molar-refractivity contribution >= 4 is 11.9 Å². The lowest BCUT2D eigenvalue weighted by Crippen LogP contribution is -2.03. The normalized spacial score (nSPS) is 10.8. The van der Waals surface area contributed by atoms with Crippen LogP contribution < -0.4 is 4.74 Å². The molecule has 1 N–H and O–H groups in total. The number of carbonyl (C=O) groups is 1. The van der Waals surface area contributed by atoms with E-state index in [1.807, 2.05) is 67.6 Å². The van der Waals surface area contributed by atoms with Crippen LogP contribution in [0.3, 0.4) is 0 Å². The summed E-state index contributed by atoms with van der Waals surface area (Å²) < 4.78 is 5.84. The molecule has 0 unspecified atom stereocenters. The zero-order chi connectivity index (χ0) is 18.4. The van der Waals surface area contributed by atoms with E-state index in [-0.39, 0.29) is 17.1 Å². The number of phenolic OH excluding ortho intramolecular Hbond substituents is 1. The fourth-order valence-corrected chi connectivity index (χ4v) is 2.65. The predicted octanol–water partition coefficient (Wildman–Crippen LogP) is 5.18. The molecular formula is C23H20O3. The Morgan fingerprint density at radius 2 is 1.65 bits per heavy atom. The van der Waals surface area contributed by atoms with Crippen LogP contribution >= 0.6 is 0 Å². The number of allylic oxidation sites excluding steroid dienone is 1. The number of rotatable bonds is 6. The number of aryl methyl sites for hydroxylation is 1. The molecule has 0 atom stereocenters. The molecule has 26 heavy (non-hydrogen) atoms. The topological polar surface area (TPSA) is 46.5 Å². The van der Waals surface area contributed by atoms with E-state index < -0.39 is 0 Å². The molecule has 3 nitrogen and oxygen atoms in total. The van der Waals surface area contributed by atoms with E-state index in [0.717, 1.165) is 16.7 Å². The van der Waals surface area contributed by atoms with Gasteiger partial charge in [0.25, 0.3) is 0 Å². The number of phenols is 1. The van der Waals surface area contributed by atoms with Crippen molar-refractivity contribution in [3.63, 3.8) is 0 Å². The molecule has 0 aliphatic heterocycles. The van der Waals surface area contributed by atoms with Gasteiger partial charge in [-0.3, -0.25) is 4.79 Å². The van der Waals surface area contributed by atoms with Gasteiger partial charge >= 0.3 is 0 Å². The van der Waals surface area contributed by atoms with Crippen LogP contribution in [0.25, 0.3) is 6.08 Å². The van der Waals surface area contributed by atoms with Crippen LogP contribution in [0.15, 0.2) is 78.9 Å². The molecule has 0 radical (unpaired) electrons. The van der Waals surface area contributed by atoms with E-state index in [9.17, 15) is 9.90 Å². The Hall–Kier alpha value is -3.33. The van der Waals surface area contributed by atoms with Crippen LogP contribution in [0.4, 0.5) is 0 Å². The summed E-state index contributed by atoms with van der Waals surface area (Å²) in [5.41, 5.74) is 2.92. The molecule has 130 valence electrons. The Bertz CT molecular complexity index is 913. The number of hydrogen-bond acceptors (Lipinski definition) is 3. The third kappa shape index (κ3) is 4.39. The fraction of sp³-hybridized carbons (Fsp3) is 0.0870. The predicted molar refractivity (Wildman–Crippen MR) is 103 cm³/mol. The summed E-state index contributed by atoms with van der Waals surface area (Å²) in [6.45, 7) is 2.18. The van der Waals surface area contributed by atoms with Crippen molar-refractivity contribution in [1.29, 1.82) is 0 Å². The quantitative estimate of drug-likeness (QED) is 0.495. The largest absolute Gasteiger partial charge is 0.507 e. The summed E-state index contributed by atoms with van der Waals surface area (Å²) in [6, 6.07) is 22.6. The number of aromatic hydroxyl groups is 1. The molecule has 3 aromatic carbocycles. The summed E-state index contributed by atoms with van der Waals surface area (Å²) in [4.78, 5) is 12.7. The number of benzene rings is 3. The van der Waals surface area contributed by atoms with E-state index >= 15 is 0 Å². The van der Waals surface area contributed by atoms with Gasteiger partial charge in [0.2, 0.25) is 0 Å². The van der Waals surface area contributed by atoms with Crippen LogP contribution in [-0.2, 0) is 6.61 Å². The maximum atomic E-state index is 12.7. The first-order valence-corrected chi connectivity index (χ1v) is 8.41. The summed E-state index contributed by atoms with van der Waals surface area (Å²) >= 11 is 0. The van der Waals surface area contributed by atoms with E-state index in [1.54, 1.807) is 18.2 Å². The van der Waals surface area contributed by atoms with Crippen LogP contribution in [0, 0.1) is 6.92 Å². The third-order valence-electron chi connectivity index (χ3n) is 3.94. The highest BCUT2D eigenvalue weighted by molar-refractivity contribution is 6.10. The van der Waals surface area contributed by atoms with Gasteiger partial charge in [-0.15, -0.1) is 0 Å². The van der Waals surface area contributed by atoms with Crippen molar-refractivity contribution in [1.82, 2.24) is 0 Å². The average molecular weight is 344 g/mol. The van der Waals surface area contributed by atoms with Crippen LogP contribution in [0.2, 0.25) is 0 Å². The second-order valence-electron chi connectivity index (χ2n) is 6.04. The van der Waals surface area contributed by atoms with Crippen LogP contribution in [-0.4, -0.2) is 10.9 Å². The lowest BCUT2D eigenvalue weighted by Gasteiger charge is -2.12. The molecule has 0 aliphatic rings. The second kappa shape index (κ2) is 8.17. The van der Waals surface area contributed by atoms with Gasteiger partial charge in [-0.25, -0.2) is 0 Å². The van der Waals surface area contributed by atoms with E-state index in [2.05, 4.69) is 0 Å². The van der Waals surface area contributed by atoms with Gasteiger partial charge in [-0.1, -0.05) is 66.7 Å². The van der Waals surface area contributed by atoms with Gasteiger partial charge in [0.15, 0.2) is 5.78 Å². The Labute approximate surface area is 153 Å². The standard InChI is InChI=1S/C23H20O3/c1-17-14-21(25)23(20(24)13-12-18-8-4-2-5-9-18)22(15-17)26-16-19-10-6-3-7-11-19/h2-15,25H,16H2,1H3.